The number of hydrogen-bond donors (Lipinski definition) is 4. The normalized spacial score (nSPS) is 15.6. The van der Waals surface area contributed by atoms with E-state index in [1.807, 2.05) is 42.5 Å². The Labute approximate surface area is 199 Å². The molecule has 1 aliphatic rings. The third-order valence-electron chi connectivity index (χ3n) is 6.18. The Balaban J connectivity index is 1.24. The van der Waals surface area contributed by atoms with Crippen molar-refractivity contribution in [3.8, 4) is 0 Å². The van der Waals surface area contributed by atoms with Crippen molar-refractivity contribution in [3.05, 3.63) is 95.3 Å². The van der Waals surface area contributed by atoms with Crippen molar-refractivity contribution in [2.75, 3.05) is 30.3 Å². The van der Waals surface area contributed by atoms with E-state index in [-0.39, 0.29) is 24.4 Å². The maximum atomic E-state index is 13.4. The number of likely N-dealkylation sites (tertiary alicyclic amines) is 1. The van der Waals surface area contributed by atoms with Gasteiger partial charge in [0.1, 0.15) is 11.9 Å². The molecule has 3 aromatic carbocycles. The van der Waals surface area contributed by atoms with Crippen molar-refractivity contribution in [2.45, 2.75) is 31.6 Å². The molecule has 1 unspecified atom stereocenters. The number of benzene rings is 3. The monoisotopic (exact) mass is 463 g/mol. The molecule has 0 aromatic heterocycles. The topological polar surface area (TPSA) is 84.8 Å². The van der Waals surface area contributed by atoms with Crippen molar-refractivity contribution in [1.82, 2.24) is 4.90 Å². The lowest BCUT2D eigenvalue weighted by Crippen LogP contribution is -2.42. The van der Waals surface area contributed by atoms with Crippen molar-refractivity contribution in [1.29, 1.82) is 0 Å². The van der Waals surface area contributed by atoms with Gasteiger partial charge in [0.2, 0.25) is 5.91 Å². The molecule has 34 heavy (non-hydrogen) atoms. The van der Waals surface area contributed by atoms with Gasteiger partial charge in [-0.15, -0.1) is 0 Å². The van der Waals surface area contributed by atoms with Crippen LogP contribution in [0.3, 0.4) is 0 Å². The second-order valence-corrected chi connectivity index (χ2v) is 8.64. The molecule has 1 aliphatic heterocycles. The van der Waals surface area contributed by atoms with Crippen LogP contribution in [0.15, 0.2) is 72.8 Å². The Morgan fingerprint density at radius 2 is 1.68 bits per heavy atom. The van der Waals surface area contributed by atoms with Gasteiger partial charge in [-0.05, 0) is 54.3 Å². The van der Waals surface area contributed by atoms with Crippen LogP contribution in [0.2, 0.25) is 0 Å². The van der Waals surface area contributed by atoms with Gasteiger partial charge in [0, 0.05) is 36.1 Å². The fourth-order valence-electron chi connectivity index (χ4n) is 4.27. The smallest absolute Gasteiger partial charge is 0.238 e. The molecule has 1 heterocycles. The fourth-order valence-corrected chi connectivity index (χ4v) is 4.27. The van der Waals surface area contributed by atoms with Crippen LogP contribution in [-0.2, 0) is 11.4 Å². The van der Waals surface area contributed by atoms with Crippen LogP contribution in [0.1, 0.15) is 35.6 Å². The van der Waals surface area contributed by atoms with Crippen molar-refractivity contribution < 1.29 is 19.4 Å². The van der Waals surface area contributed by atoms with Gasteiger partial charge in [-0.3, -0.25) is 9.69 Å². The third-order valence-corrected chi connectivity index (χ3v) is 6.18. The second kappa shape index (κ2) is 11.2. The van der Waals surface area contributed by atoms with E-state index >= 15 is 0 Å². The number of anilines is 2. The molecule has 0 bridgehead atoms. The fraction of sp³-hybridized carbons (Fsp3) is 0.296. The minimum atomic E-state index is -0.704. The lowest BCUT2D eigenvalue weighted by Gasteiger charge is -2.32. The molecule has 6 nitrogen and oxygen atoms in total. The summed E-state index contributed by atoms with van der Waals surface area (Å²) in [4.78, 5) is 14.6. The van der Waals surface area contributed by atoms with E-state index < -0.39 is 6.10 Å². The number of amides is 1. The number of carbonyl (C=O) groups excluding carboxylic acids is 1. The van der Waals surface area contributed by atoms with Gasteiger partial charge in [-0.2, -0.15) is 0 Å². The maximum absolute atomic E-state index is 13.4. The van der Waals surface area contributed by atoms with E-state index in [1.54, 1.807) is 18.2 Å². The summed E-state index contributed by atoms with van der Waals surface area (Å²) in [5, 5.41) is 26.3. The number of nitrogens with one attached hydrogen (secondary N) is 2. The molecule has 0 aliphatic carbocycles. The zero-order chi connectivity index (χ0) is 23.9. The SMILES string of the molecule is O=C(CN1CCC(Nc2ccc(F)cc2CO)CC1)Nc1ccc(C(O)c2ccccc2)cc1. The van der Waals surface area contributed by atoms with Crippen LogP contribution in [0.25, 0.3) is 0 Å². The quantitative estimate of drug-likeness (QED) is 0.407. The number of hydrogen-bond acceptors (Lipinski definition) is 5. The van der Waals surface area contributed by atoms with E-state index in [0.717, 1.165) is 42.7 Å². The van der Waals surface area contributed by atoms with Gasteiger partial charge < -0.3 is 20.8 Å². The summed E-state index contributed by atoms with van der Waals surface area (Å²) in [6.07, 6.45) is 0.993. The molecule has 3 aromatic rings. The molecule has 4 rings (SSSR count). The summed E-state index contributed by atoms with van der Waals surface area (Å²) in [6.45, 7) is 1.62. The van der Waals surface area contributed by atoms with Crippen molar-refractivity contribution in [3.63, 3.8) is 0 Å². The van der Waals surface area contributed by atoms with E-state index in [9.17, 15) is 19.4 Å². The second-order valence-electron chi connectivity index (χ2n) is 8.64. The number of rotatable bonds is 8. The largest absolute Gasteiger partial charge is 0.392 e. The van der Waals surface area contributed by atoms with Gasteiger partial charge >= 0.3 is 0 Å². The van der Waals surface area contributed by atoms with E-state index in [0.29, 0.717) is 17.8 Å². The van der Waals surface area contributed by atoms with Crippen LogP contribution < -0.4 is 10.6 Å². The first-order valence-corrected chi connectivity index (χ1v) is 11.5. The molecule has 1 amide bonds. The van der Waals surface area contributed by atoms with Crippen LogP contribution in [0.4, 0.5) is 15.8 Å². The maximum Gasteiger partial charge on any atom is 0.238 e. The summed E-state index contributed by atoms with van der Waals surface area (Å²) in [6, 6.07) is 21.3. The molecule has 0 radical (unpaired) electrons. The molecule has 0 spiro atoms. The van der Waals surface area contributed by atoms with Gasteiger partial charge in [0.15, 0.2) is 0 Å². The number of piperidine rings is 1. The Bertz CT molecular complexity index is 1080. The van der Waals surface area contributed by atoms with Crippen molar-refractivity contribution >= 4 is 17.3 Å². The number of aliphatic hydroxyl groups excluding tert-OH is 2. The zero-order valence-electron chi connectivity index (χ0n) is 19.0. The summed E-state index contributed by atoms with van der Waals surface area (Å²) < 4.78 is 13.4. The van der Waals surface area contributed by atoms with Gasteiger partial charge in [-0.25, -0.2) is 4.39 Å². The first kappa shape index (κ1) is 23.9. The highest BCUT2D eigenvalue weighted by Gasteiger charge is 2.21. The number of aliphatic hydroxyl groups is 2. The first-order chi connectivity index (χ1) is 16.5. The predicted molar refractivity (Wildman–Crippen MR) is 131 cm³/mol. The first-order valence-electron chi connectivity index (χ1n) is 11.5. The molecule has 178 valence electrons. The molecule has 4 N–H and O–H groups in total. The average molecular weight is 464 g/mol. The van der Waals surface area contributed by atoms with Crippen molar-refractivity contribution in [2.24, 2.45) is 0 Å². The predicted octanol–water partition coefficient (Wildman–Crippen LogP) is 3.91. The van der Waals surface area contributed by atoms with Crippen LogP contribution in [0, 0.1) is 5.82 Å². The highest BCUT2D eigenvalue weighted by Crippen LogP contribution is 2.24. The van der Waals surface area contributed by atoms with Gasteiger partial charge in [0.25, 0.3) is 0 Å². The number of halogens is 1. The highest BCUT2D eigenvalue weighted by atomic mass is 19.1. The Kier molecular flexibility index (Phi) is 7.90. The molecular formula is C27H30FN3O3. The summed E-state index contributed by atoms with van der Waals surface area (Å²) >= 11 is 0. The van der Waals surface area contributed by atoms with Gasteiger partial charge in [-0.1, -0.05) is 42.5 Å². The highest BCUT2D eigenvalue weighted by molar-refractivity contribution is 5.92. The molecule has 0 saturated carbocycles. The molecular weight excluding hydrogens is 433 g/mol. The van der Waals surface area contributed by atoms with E-state index in [4.69, 9.17) is 0 Å². The minimum Gasteiger partial charge on any atom is -0.392 e. The summed E-state index contributed by atoms with van der Waals surface area (Å²) in [7, 11) is 0. The Morgan fingerprint density at radius 1 is 1.00 bits per heavy atom. The molecule has 1 atom stereocenters. The third kappa shape index (κ3) is 6.20. The average Bonchev–Trinajstić information content (AvgIpc) is 2.86. The van der Waals surface area contributed by atoms with Gasteiger partial charge in [0.05, 0.1) is 13.2 Å². The van der Waals surface area contributed by atoms with Crippen LogP contribution in [-0.4, -0.2) is 46.7 Å². The number of carbonyl (C=O) groups is 1. The molecule has 1 fully saturated rings. The van der Waals surface area contributed by atoms with E-state index in [1.165, 1.54) is 12.1 Å². The van der Waals surface area contributed by atoms with Crippen LogP contribution in [0.5, 0.6) is 0 Å². The Morgan fingerprint density at radius 3 is 2.35 bits per heavy atom. The lowest BCUT2D eigenvalue weighted by molar-refractivity contribution is -0.117. The molecule has 1 saturated heterocycles. The standard InChI is InChI=1S/C27H30FN3O3/c28-22-8-11-25(21(16-22)18-32)29-24-12-14-31(15-13-24)17-26(33)30-23-9-6-20(7-10-23)27(34)19-4-2-1-3-5-19/h1-11,16,24,27,29,32,34H,12-15,17-18H2,(H,30,33). The summed E-state index contributed by atoms with van der Waals surface area (Å²) in [5.74, 6) is -0.443. The Hall–Kier alpha value is -3.26. The van der Waals surface area contributed by atoms with E-state index in [2.05, 4.69) is 15.5 Å². The molecule has 7 heteroatoms. The minimum absolute atomic E-state index is 0.0798. The zero-order valence-corrected chi connectivity index (χ0v) is 19.0. The van der Waals surface area contributed by atoms with Crippen LogP contribution >= 0.6 is 0 Å². The lowest BCUT2D eigenvalue weighted by atomic mass is 10.0. The number of nitrogens with zero attached hydrogens (tertiary/aromatic N) is 1. The summed E-state index contributed by atoms with van der Waals surface area (Å²) in [5.41, 5.74) is 3.58.